The molecule has 0 aliphatic carbocycles. The van der Waals surface area contributed by atoms with Gasteiger partial charge in [0.1, 0.15) is 27.9 Å². The van der Waals surface area contributed by atoms with Gasteiger partial charge in [0.05, 0.1) is 29.4 Å². The minimum atomic E-state index is -0.0145. The first-order valence-electron chi connectivity index (χ1n) is 8.77. The zero-order valence-corrected chi connectivity index (χ0v) is 17.0. The lowest BCUT2D eigenvalue weighted by Crippen LogP contribution is -2.25. The number of nitrogens with zero attached hydrogens (tertiary/aromatic N) is 3. The molecule has 28 heavy (non-hydrogen) atoms. The van der Waals surface area contributed by atoms with Gasteiger partial charge in [-0.3, -0.25) is 0 Å². The lowest BCUT2D eigenvalue weighted by molar-refractivity contribution is 0.106. The van der Waals surface area contributed by atoms with Crippen LogP contribution in [0.4, 0.5) is 0 Å². The Bertz CT molecular complexity index is 1240. The van der Waals surface area contributed by atoms with Gasteiger partial charge >= 0.3 is 0 Å². The van der Waals surface area contributed by atoms with Gasteiger partial charge in [-0.2, -0.15) is 0 Å². The average Bonchev–Trinajstić information content (AvgIpc) is 3.12. The third-order valence-electron chi connectivity index (χ3n) is 4.54. The van der Waals surface area contributed by atoms with Crippen LogP contribution < -0.4 is 14.2 Å². The number of halogens is 1. The third-order valence-corrected chi connectivity index (χ3v) is 5.92. The Labute approximate surface area is 170 Å². The van der Waals surface area contributed by atoms with Crippen molar-refractivity contribution in [2.24, 2.45) is 0 Å². The molecular weight excluding hydrogens is 398 g/mol. The number of fused-ring (bicyclic) bond motifs is 4. The summed E-state index contributed by atoms with van der Waals surface area (Å²) in [4.78, 5) is 13.9. The Morgan fingerprint density at radius 3 is 2.89 bits per heavy atom. The number of aryl methyl sites for hydroxylation is 1. The first kappa shape index (κ1) is 17.5. The number of hydrogen-bond donors (Lipinski definition) is 0. The third kappa shape index (κ3) is 2.73. The molecule has 0 unspecified atom stereocenters. The van der Waals surface area contributed by atoms with E-state index in [2.05, 4.69) is 16.0 Å². The summed E-state index contributed by atoms with van der Waals surface area (Å²) < 4.78 is 17.9. The van der Waals surface area contributed by atoms with Crippen LogP contribution in [0.3, 0.4) is 0 Å². The van der Waals surface area contributed by atoms with Crippen LogP contribution in [0.5, 0.6) is 17.4 Å². The molecule has 1 aliphatic heterocycles. The molecule has 1 aliphatic rings. The van der Waals surface area contributed by atoms with Crippen LogP contribution in [-0.2, 0) is 0 Å². The van der Waals surface area contributed by atoms with Crippen molar-refractivity contribution in [1.29, 1.82) is 0 Å². The predicted molar refractivity (Wildman–Crippen MR) is 110 cm³/mol. The second-order valence-corrected chi connectivity index (χ2v) is 8.12. The highest BCUT2D eigenvalue weighted by Crippen LogP contribution is 2.47. The van der Waals surface area contributed by atoms with Crippen LogP contribution in [0.15, 0.2) is 24.4 Å². The fourth-order valence-corrected chi connectivity index (χ4v) is 4.69. The van der Waals surface area contributed by atoms with E-state index in [1.807, 2.05) is 19.9 Å². The summed E-state index contributed by atoms with van der Waals surface area (Å²) in [6.45, 7) is 4.48. The van der Waals surface area contributed by atoms with E-state index in [1.165, 1.54) is 11.3 Å². The fraction of sp³-hybridized carbons (Fsp3) is 0.250. The van der Waals surface area contributed by atoms with E-state index < -0.39 is 0 Å². The van der Waals surface area contributed by atoms with Crippen molar-refractivity contribution in [3.05, 3.63) is 35.0 Å². The Hall–Kier alpha value is -2.64. The second-order valence-electron chi connectivity index (χ2n) is 6.71. The molecule has 3 heterocycles. The average molecular weight is 414 g/mol. The number of benzene rings is 2. The molecule has 0 radical (unpaired) electrons. The minimum Gasteiger partial charge on any atom is -0.484 e. The number of aromatic nitrogens is 3. The number of methoxy groups -OCH3 is 1. The molecule has 0 spiro atoms. The van der Waals surface area contributed by atoms with Gasteiger partial charge < -0.3 is 14.2 Å². The van der Waals surface area contributed by atoms with Crippen molar-refractivity contribution in [3.8, 4) is 28.0 Å². The highest BCUT2D eigenvalue weighted by Gasteiger charge is 2.25. The van der Waals surface area contributed by atoms with E-state index >= 15 is 0 Å². The van der Waals surface area contributed by atoms with Crippen LogP contribution >= 0.6 is 22.9 Å². The van der Waals surface area contributed by atoms with Gasteiger partial charge in [0.15, 0.2) is 11.5 Å². The van der Waals surface area contributed by atoms with Gasteiger partial charge in [-0.05, 0) is 31.5 Å². The number of thiazole rings is 1. The molecule has 0 saturated heterocycles. The molecule has 142 valence electrons. The lowest BCUT2D eigenvalue weighted by Gasteiger charge is -2.24. The lowest BCUT2D eigenvalue weighted by atomic mass is 10.1. The largest absolute Gasteiger partial charge is 0.484 e. The van der Waals surface area contributed by atoms with Gasteiger partial charge in [0, 0.05) is 11.6 Å². The van der Waals surface area contributed by atoms with E-state index in [4.69, 9.17) is 30.8 Å². The topological polar surface area (TPSA) is 66.4 Å². The smallest absolute Gasteiger partial charge is 0.232 e. The summed E-state index contributed by atoms with van der Waals surface area (Å²) in [5.41, 5.74) is 4.19. The Kier molecular flexibility index (Phi) is 4.03. The first-order chi connectivity index (χ1) is 13.5. The molecule has 2 aromatic heterocycles. The predicted octanol–water partition coefficient (Wildman–Crippen LogP) is 5.04. The van der Waals surface area contributed by atoms with Gasteiger partial charge in [0.2, 0.25) is 5.88 Å². The normalized spacial score (nSPS) is 15.9. The molecule has 0 saturated carbocycles. The fourth-order valence-electron chi connectivity index (χ4n) is 3.30. The monoisotopic (exact) mass is 413 g/mol. The maximum absolute atomic E-state index is 6.50. The molecule has 0 bridgehead atoms. The molecule has 0 N–H and O–H groups in total. The standard InChI is InChI=1S/C20H16ClN3O3S/c1-9-4-11(16-13(5-9)23-15(25-3)7-22-16)20-24-17-12(21)6-14-18(19(17)28-20)26-8-10(2)27-14/h4-7,10H,8H2,1-3H3/t10-/m1/s1. The highest BCUT2D eigenvalue weighted by molar-refractivity contribution is 7.22. The van der Waals surface area contributed by atoms with Crippen LogP contribution in [0.2, 0.25) is 5.02 Å². The van der Waals surface area contributed by atoms with Gasteiger partial charge in [-0.1, -0.05) is 11.6 Å². The number of hydrogen-bond acceptors (Lipinski definition) is 7. The Morgan fingerprint density at radius 2 is 2.07 bits per heavy atom. The number of rotatable bonds is 2. The van der Waals surface area contributed by atoms with Crippen LogP contribution in [0.25, 0.3) is 31.8 Å². The molecule has 5 rings (SSSR count). The maximum atomic E-state index is 6.50. The Balaban J connectivity index is 1.75. The summed E-state index contributed by atoms with van der Waals surface area (Å²) in [6, 6.07) is 5.81. The van der Waals surface area contributed by atoms with Crippen molar-refractivity contribution in [2.45, 2.75) is 20.0 Å². The molecule has 1 atom stereocenters. The summed E-state index contributed by atoms with van der Waals surface area (Å²) in [6.07, 6.45) is 1.60. The molecule has 6 nitrogen and oxygen atoms in total. The number of ether oxygens (including phenoxy) is 3. The molecule has 4 aromatic rings. The zero-order chi connectivity index (χ0) is 19.4. The van der Waals surface area contributed by atoms with Crippen molar-refractivity contribution in [1.82, 2.24) is 15.0 Å². The van der Waals surface area contributed by atoms with Crippen molar-refractivity contribution >= 4 is 44.2 Å². The van der Waals surface area contributed by atoms with Crippen LogP contribution in [0, 0.1) is 6.92 Å². The second kappa shape index (κ2) is 6.46. The van der Waals surface area contributed by atoms with E-state index in [0.717, 1.165) is 31.9 Å². The molecule has 2 aromatic carbocycles. The van der Waals surface area contributed by atoms with Gasteiger partial charge in [0.25, 0.3) is 0 Å². The Morgan fingerprint density at radius 1 is 1.21 bits per heavy atom. The molecule has 0 fully saturated rings. The SMILES string of the molecule is COc1cnc2c(-c3nc4c(Cl)cc5c(c4s3)OC[C@@H](C)O5)cc(C)cc2n1. The van der Waals surface area contributed by atoms with Crippen LogP contribution in [0.1, 0.15) is 12.5 Å². The van der Waals surface area contributed by atoms with Crippen LogP contribution in [-0.4, -0.2) is 34.8 Å². The van der Waals surface area contributed by atoms with Gasteiger partial charge in [-0.25, -0.2) is 15.0 Å². The minimum absolute atomic E-state index is 0.0145. The van der Waals surface area contributed by atoms with Crippen molar-refractivity contribution in [3.63, 3.8) is 0 Å². The summed E-state index contributed by atoms with van der Waals surface area (Å²) in [5.74, 6) is 1.83. The molecular formula is C20H16ClN3O3S. The van der Waals surface area contributed by atoms with Crippen molar-refractivity contribution < 1.29 is 14.2 Å². The maximum Gasteiger partial charge on any atom is 0.232 e. The zero-order valence-electron chi connectivity index (χ0n) is 15.4. The molecule has 0 amide bonds. The van der Waals surface area contributed by atoms with Gasteiger partial charge in [-0.15, -0.1) is 11.3 Å². The molecule has 8 heteroatoms. The highest BCUT2D eigenvalue weighted by atomic mass is 35.5. The summed E-state index contributed by atoms with van der Waals surface area (Å²) >= 11 is 8.01. The van der Waals surface area contributed by atoms with Crippen molar-refractivity contribution in [2.75, 3.05) is 13.7 Å². The summed E-state index contributed by atoms with van der Waals surface area (Å²) in [7, 11) is 1.58. The first-order valence-corrected chi connectivity index (χ1v) is 9.97. The van der Waals surface area contributed by atoms with E-state index in [9.17, 15) is 0 Å². The van der Waals surface area contributed by atoms with E-state index in [-0.39, 0.29) is 6.10 Å². The summed E-state index contributed by atoms with van der Waals surface area (Å²) in [5, 5.41) is 1.35. The van der Waals surface area contributed by atoms with E-state index in [1.54, 1.807) is 19.4 Å². The quantitative estimate of drug-likeness (QED) is 0.458. The van der Waals surface area contributed by atoms with E-state index in [0.29, 0.717) is 34.5 Å².